The fraction of sp³-hybridized carbons (Fsp3) is 0.682. The van der Waals surface area contributed by atoms with Crippen molar-refractivity contribution in [2.45, 2.75) is 57.5 Å². The third-order valence-corrected chi connectivity index (χ3v) is 8.20. The Hall–Kier alpha value is -1.15. The van der Waals surface area contributed by atoms with Crippen molar-refractivity contribution < 1.29 is 9.53 Å². The molecule has 0 aromatic heterocycles. The van der Waals surface area contributed by atoms with Gasteiger partial charge in [0.15, 0.2) is 5.78 Å². The molecule has 2 saturated carbocycles. The molecule has 4 aliphatic carbocycles. The number of rotatable bonds is 1. The fourth-order valence-corrected chi connectivity index (χ4v) is 7.20. The molecule has 5 aliphatic rings. The van der Waals surface area contributed by atoms with E-state index < -0.39 is 0 Å². The molecule has 2 nitrogen and oxygen atoms in total. The minimum atomic E-state index is 0.0177. The molecule has 0 aromatic rings. The SMILES string of the molecule is CC[C@]12CCC3C4CCC(=O)C=C4C=CC3C1CCC21C=CCO1. The van der Waals surface area contributed by atoms with Crippen LogP contribution in [-0.4, -0.2) is 18.0 Å². The first-order valence-corrected chi connectivity index (χ1v) is 9.93. The summed E-state index contributed by atoms with van der Waals surface area (Å²) in [5.74, 6) is 3.14. The number of fused-ring (bicyclic) bond motifs is 6. The number of ketones is 1. The van der Waals surface area contributed by atoms with Crippen LogP contribution in [0.5, 0.6) is 0 Å². The van der Waals surface area contributed by atoms with Gasteiger partial charge in [0.05, 0.1) is 12.2 Å². The van der Waals surface area contributed by atoms with Crippen LogP contribution in [-0.2, 0) is 9.53 Å². The largest absolute Gasteiger partial charge is 0.366 e. The molecular formula is C22H28O2. The zero-order valence-electron chi connectivity index (χ0n) is 14.7. The van der Waals surface area contributed by atoms with Crippen LogP contribution >= 0.6 is 0 Å². The molecule has 0 amide bonds. The zero-order chi connectivity index (χ0) is 16.4. The maximum absolute atomic E-state index is 11.8. The lowest BCUT2D eigenvalue weighted by Gasteiger charge is -2.55. The quantitative estimate of drug-likeness (QED) is 0.658. The van der Waals surface area contributed by atoms with Crippen LogP contribution in [0.15, 0.2) is 36.0 Å². The summed E-state index contributed by atoms with van der Waals surface area (Å²) in [5, 5.41) is 0. The Morgan fingerprint density at radius 1 is 1.25 bits per heavy atom. The van der Waals surface area contributed by atoms with Gasteiger partial charge in [-0.05, 0) is 73.8 Å². The smallest absolute Gasteiger partial charge is 0.155 e. The zero-order valence-corrected chi connectivity index (χ0v) is 14.7. The highest BCUT2D eigenvalue weighted by molar-refractivity contribution is 5.91. The number of allylic oxidation sites excluding steroid dienone is 4. The van der Waals surface area contributed by atoms with Gasteiger partial charge in [-0.25, -0.2) is 0 Å². The molecule has 0 aromatic carbocycles. The lowest BCUT2D eigenvalue weighted by atomic mass is 9.51. The average molecular weight is 324 g/mol. The second-order valence-electron chi connectivity index (χ2n) is 8.65. The van der Waals surface area contributed by atoms with Crippen molar-refractivity contribution in [1.29, 1.82) is 0 Å². The number of ether oxygens (including phenoxy) is 1. The molecule has 1 heterocycles. The Morgan fingerprint density at radius 3 is 2.96 bits per heavy atom. The molecule has 0 radical (unpaired) electrons. The molecule has 128 valence electrons. The van der Waals surface area contributed by atoms with Crippen LogP contribution in [0, 0.1) is 29.1 Å². The second-order valence-corrected chi connectivity index (χ2v) is 8.65. The van der Waals surface area contributed by atoms with Crippen molar-refractivity contribution in [3.8, 4) is 0 Å². The van der Waals surface area contributed by atoms with Crippen LogP contribution < -0.4 is 0 Å². The number of hydrogen-bond donors (Lipinski definition) is 0. The summed E-state index contributed by atoms with van der Waals surface area (Å²) < 4.78 is 6.37. The molecule has 1 spiro atoms. The van der Waals surface area contributed by atoms with Crippen molar-refractivity contribution in [3.63, 3.8) is 0 Å². The van der Waals surface area contributed by atoms with E-state index in [-0.39, 0.29) is 5.60 Å². The highest BCUT2D eigenvalue weighted by Gasteiger charge is 2.64. The fourth-order valence-electron chi connectivity index (χ4n) is 7.20. The van der Waals surface area contributed by atoms with Gasteiger partial charge in [0.1, 0.15) is 0 Å². The van der Waals surface area contributed by atoms with E-state index in [0.717, 1.165) is 31.3 Å². The van der Waals surface area contributed by atoms with E-state index in [1.165, 1.54) is 37.7 Å². The summed E-state index contributed by atoms with van der Waals surface area (Å²) in [6.07, 6.45) is 19.5. The summed E-state index contributed by atoms with van der Waals surface area (Å²) in [6, 6.07) is 0. The Kier molecular flexibility index (Phi) is 3.26. The van der Waals surface area contributed by atoms with Gasteiger partial charge in [-0.15, -0.1) is 0 Å². The van der Waals surface area contributed by atoms with Gasteiger partial charge in [-0.3, -0.25) is 4.79 Å². The first kappa shape index (κ1) is 15.1. The number of carbonyl (C=O) groups is 1. The van der Waals surface area contributed by atoms with E-state index in [2.05, 4.69) is 31.2 Å². The standard InChI is InChI=1S/C22H28O2/c1-2-21-11-8-18-17-7-5-16(23)14-15(17)4-6-19(18)20(21)9-12-22(21)10-3-13-24-22/h3-4,6,10,14,17-20H,2,5,7-9,11-13H2,1H3/t17?,18?,19?,20?,21-,22?/m0/s1. The maximum Gasteiger partial charge on any atom is 0.155 e. The maximum atomic E-state index is 11.8. The molecule has 1 aliphatic heterocycles. The first-order chi connectivity index (χ1) is 11.7. The van der Waals surface area contributed by atoms with Crippen molar-refractivity contribution in [1.82, 2.24) is 0 Å². The molecule has 2 fully saturated rings. The molecule has 0 bridgehead atoms. The molecule has 0 N–H and O–H groups in total. The lowest BCUT2D eigenvalue weighted by Crippen LogP contribution is -2.52. The lowest BCUT2D eigenvalue weighted by molar-refractivity contribution is -0.117. The van der Waals surface area contributed by atoms with Gasteiger partial charge in [0.25, 0.3) is 0 Å². The van der Waals surface area contributed by atoms with Crippen molar-refractivity contribution in [3.05, 3.63) is 36.0 Å². The van der Waals surface area contributed by atoms with Crippen LogP contribution in [0.1, 0.15) is 51.9 Å². The molecule has 5 rings (SSSR count). The minimum absolute atomic E-state index is 0.0177. The first-order valence-electron chi connectivity index (χ1n) is 9.93. The van der Waals surface area contributed by atoms with Gasteiger partial charge in [-0.1, -0.05) is 31.2 Å². The van der Waals surface area contributed by atoms with Gasteiger partial charge < -0.3 is 4.74 Å². The highest BCUT2D eigenvalue weighted by Crippen LogP contribution is 2.67. The summed E-state index contributed by atoms with van der Waals surface area (Å²) in [4.78, 5) is 11.8. The molecule has 0 saturated heterocycles. The van der Waals surface area contributed by atoms with Gasteiger partial charge in [-0.2, -0.15) is 0 Å². The van der Waals surface area contributed by atoms with Crippen LogP contribution in [0.2, 0.25) is 0 Å². The van der Waals surface area contributed by atoms with Gasteiger partial charge >= 0.3 is 0 Å². The summed E-state index contributed by atoms with van der Waals surface area (Å²) in [7, 11) is 0. The molecular weight excluding hydrogens is 296 g/mol. The van der Waals surface area contributed by atoms with E-state index in [1.807, 2.05) is 6.08 Å². The van der Waals surface area contributed by atoms with Crippen molar-refractivity contribution >= 4 is 5.78 Å². The second kappa shape index (κ2) is 5.17. The summed E-state index contributed by atoms with van der Waals surface area (Å²) in [5.41, 5.74) is 1.67. The van der Waals surface area contributed by atoms with E-state index >= 15 is 0 Å². The van der Waals surface area contributed by atoms with E-state index in [9.17, 15) is 4.79 Å². The normalized spacial score (nSPS) is 49.0. The Bertz CT molecular complexity index is 657. The van der Waals surface area contributed by atoms with Crippen molar-refractivity contribution in [2.24, 2.45) is 29.1 Å². The minimum Gasteiger partial charge on any atom is -0.366 e. The monoisotopic (exact) mass is 324 g/mol. The Balaban J connectivity index is 1.54. The van der Waals surface area contributed by atoms with Crippen LogP contribution in [0.4, 0.5) is 0 Å². The Labute approximate surface area is 145 Å². The van der Waals surface area contributed by atoms with Gasteiger partial charge in [0, 0.05) is 11.8 Å². The topological polar surface area (TPSA) is 26.3 Å². The average Bonchev–Trinajstić information content (AvgIpc) is 3.21. The molecule has 5 unspecified atom stereocenters. The predicted molar refractivity (Wildman–Crippen MR) is 94.4 cm³/mol. The summed E-state index contributed by atoms with van der Waals surface area (Å²) in [6.45, 7) is 3.18. The van der Waals surface area contributed by atoms with E-state index in [0.29, 0.717) is 23.0 Å². The van der Waals surface area contributed by atoms with Crippen molar-refractivity contribution in [2.75, 3.05) is 6.61 Å². The third kappa shape index (κ3) is 1.78. The highest BCUT2D eigenvalue weighted by atomic mass is 16.5. The summed E-state index contributed by atoms with van der Waals surface area (Å²) >= 11 is 0. The van der Waals surface area contributed by atoms with Crippen LogP contribution in [0.25, 0.3) is 0 Å². The molecule has 6 atom stereocenters. The molecule has 24 heavy (non-hydrogen) atoms. The Morgan fingerprint density at radius 2 is 2.17 bits per heavy atom. The van der Waals surface area contributed by atoms with E-state index in [4.69, 9.17) is 4.74 Å². The predicted octanol–water partition coefficient (Wildman–Crippen LogP) is 4.62. The molecule has 2 heteroatoms. The van der Waals surface area contributed by atoms with Gasteiger partial charge in [0.2, 0.25) is 0 Å². The number of carbonyl (C=O) groups excluding carboxylic acids is 1. The van der Waals surface area contributed by atoms with E-state index in [1.54, 1.807) is 0 Å². The third-order valence-electron chi connectivity index (χ3n) is 8.20. The van der Waals surface area contributed by atoms with Crippen LogP contribution in [0.3, 0.4) is 0 Å². The number of hydrogen-bond acceptors (Lipinski definition) is 2.